The number of para-hydroxylation sites is 1. The molecule has 2 aromatic heterocycles. The molecular formula is C20H14FN3O5. The van der Waals surface area contributed by atoms with Crippen LogP contribution in [0.3, 0.4) is 0 Å². The van der Waals surface area contributed by atoms with Gasteiger partial charge in [-0.1, -0.05) is 12.1 Å². The number of carbonyl (C=O) groups is 1. The number of aromatic nitrogens is 3. The highest BCUT2D eigenvalue weighted by Crippen LogP contribution is 2.27. The third-order valence-electron chi connectivity index (χ3n) is 3.93. The molecule has 8 nitrogen and oxygen atoms in total. The summed E-state index contributed by atoms with van der Waals surface area (Å²) in [5.74, 6) is -0.901. The number of benzene rings is 2. The van der Waals surface area contributed by atoms with Crippen molar-refractivity contribution in [1.29, 1.82) is 0 Å². The number of oxazole rings is 1. The van der Waals surface area contributed by atoms with Gasteiger partial charge in [-0.15, -0.1) is 0 Å². The van der Waals surface area contributed by atoms with Gasteiger partial charge in [0.05, 0.1) is 6.20 Å². The minimum atomic E-state index is -1.06. The van der Waals surface area contributed by atoms with Crippen molar-refractivity contribution < 1.29 is 28.2 Å². The SMILES string of the molecule is CC(Oc1ccc(-c2nc3cnc(Oc4ccccc4F)nc3o2)cc1)C(=O)O. The monoisotopic (exact) mass is 395 g/mol. The summed E-state index contributed by atoms with van der Waals surface area (Å²) in [7, 11) is 0. The van der Waals surface area contributed by atoms with Crippen LogP contribution in [0.4, 0.5) is 4.39 Å². The molecule has 2 aromatic carbocycles. The molecule has 1 N–H and O–H groups in total. The van der Waals surface area contributed by atoms with Crippen molar-refractivity contribution in [1.82, 2.24) is 15.0 Å². The maximum absolute atomic E-state index is 13.7. The zero-order chi connectivity index (χ0) is 20.4. The maximum Gasteiger partial charge on any atom is 0.344 e. The lowest BCUT2D eigenvalue weighted by atomic mass is 10.2. The molecule has 0 saturated carbocycles. The number of ether oxygens (including phenoxy) is 2. The fraction of sp³-hybridized carbons (Fsp3) is 0.100. The maximum atomic E-state index is 13.7. The Morgan fingerprint density at radius 3 is 2.62 bits per heavy atom. The number of carboxylic acids is 1. The molecule has 4 rings (SSSR count). The minimum Gasteiger partial charge on any atom is -0.479 e. The summed E-state index contributed by atoms with van der Waals surface area (Å²) in [5, 5.41) is 8.89. The molecule has 0 fully saturated rings. The molecule has 2 heterocycles. The molecule has 1 atom stereocenters. The summed E-state index contributed by atoms with van der Waals surface area (Å²) >= 11 is 0. The molecule has 0 aliphatic rings. The van der Waals surface area contributed by atoms with Crippen molar-refractivity contribution in [3.05, 3.63) is 60.5 Å². The van der Waals surface area contributed by atoms with E-state index < -0.39 is 17.9 Å². The lowest BCUT2D eigenvalue weighted by Gasteiger charge is -2.10. The number of nitrogens with zero attached hydrogens (tertiary/aromatic N) is 3. The molecule has 0 aliphatic heterocycles. The second-order valence-corrected chi connectivity index (χ2v) is 6.02. The first-order valence-corrected chi connectivity index (χ1v) is 8.55. The molecule has 9 heteroatoms. The van der Waals surface area contributed by atoms with E-state index in [9.17, 15) is 9.18 Å². The van der Waals surface area contributed by atoms with E-state index >= 15 is 0 Å². The van der Waals surface area contributed by atoms with Crippen LogP contribution >= 0.6 is 0 Å². The van der Waals surface area contributed by atoms with Crippen LogP contribution in [0.5, 0.6) is 17.5 Å². The van der Waals surface area contributed by atoms with Crippen LogP contribution in [-0.4, -0.2) is 32.1 Å². The second kappa shape index (κ2) is 7.55. The van der Waals surface area contributed by atoms with Gasteiger partial charge in [0, 0.05) is 5.56 Å². The van der Waals surface area contributed by atoms with Gasteiger partial charge in [-0.2, -0.15) is 4.98 Å². The van der Waals surface area contributed by atoms with E-state index in [2.05, 4.69) is 15.0 Å². The van der Waals surface area contributed by atoms with Crippen molar-refractivity contribution in [3.8, 4) is 29.0 Å². The van der Waals surface area contributed by atoms with E-state index in [1.54, 1.807) is 36.4 Å². The van der Waals surface area contributed by atoms with Crippen molar-refractivity contribution >= 4 is 17.2 Å². The third-order valence-corrected chi connectivity index (χ3v) is 3.93. The van der Waals surface area contributed by atoms with Crippen molar-refractivity contribution in [2.75, 3.05) is 0 Å². The number of halogens is 1. The summed E-state index contributed by atoms with van der Waals surface area (Å²) in [5.41, 5.74) is 1.22. The Morgan fingerprint density at radius 1 is 1.14 bits per heavy atom. The summed E-state index contributed by atoms with van der Waals surface area (Å²) in [6.07, 6.45) is 0.450. The van der Waals surface area contributed by atoms with Gasteiger partial charge in [0.15, 0.2) is 17.7 Å². The Labute approximate surface area is 163 Å². The fourth-order valence-electron chi connectivity index (χ4n) is 2.45. The smallest absolute Gasteiger partial charge is 0.344 e. The Hall–Kier alpha value is -4.01. The molecule has 1 unspecified atom stereocenters. The second-order valence-electron chi connectivity index (χ2n) is 6.02. The summed E-state index contributed by atoms with van der Waals surface area (Å²) in [6, 6.07) is 12.4. The Balaban J connectivity index is 1.56. The highest BCUT2D eigenvalue weighted by atomic mass is 19.1. The molecule has 146 valence electrons. The summed E-state index contributed by atoms with van der Waals surface area (Å²) in [4.78, 5) is 23.3. The van der Waals surface area contributed by atoms with Gasteiger partial charge in [0.1, 0.15) is 11.3 Å². The Kier molecular flexibility index (Phi) is 4.78. The zero-order valence-corrected chi connectivity index (χ0v) is 15.1. The first kappa shape index (κ1) is 18.4. The third kappa shape index (κ3) is 3.98. The minimum absolute atomic E-state index is 0.00207. The van der Waals surface area contributed by atoms with Crippen LogP contribution < -0.4 is 9.47 Å². The number of aliphatic carboxylic acids is 1. The molecule has 4 aromatic rings. The van der Waals surface area contributed by atoms with Crippen LogP contribution in [0.2, 0.25) is 0 Å². The van der Waals surface area contributed by atoms with E-state index in [4.69, 9.17) is 19.0 Å². The molecule has 0 aliphatic carbocycles. The van der Waals surface area contributed by atoms with E-state index in [-0.39, 0.29) is 23.4 Å². The summed E-state index contributed by atoms with van der Waals surface area (Å²) < 4.78 is 30.0. The largest absolute Gasteiger partial charge is 0.479 e. The molecular weight excluding hydrogens is 381 g/mol. The Morgan fingerprint density at radius 2 is 1.90 bits per heavy atom. The number of rotatable bonds is 6. The predicted octanol–water partition coefficient (Wildman–Crippen LogP) is 4.07. The first-order valence-electron chi connectivity index (χ1n) is 8.55. The van der Waals surface area contributed by atoms with Gasteiger partial charge in [-0.25, -0.2) is 19.2 Å². The first-order chi connectivity index (χ1) is 14.0. The van der Waals surface area contributed by atoms with Gasteiger partial charge >= 0.3 is 12.0 Å². The number of hydrogen-bond donors (Lipinski definition) is 1. The fourth-order valence-corrected chi connectivity index (χ4v) is 2.45. The number of fused-ring (bicyclic) bond motifs is 1. The van der Waals surface area contributed by atoms with Crippen LogP contribution in [0.15, 0.2) is 59.1 Å². The van der Waals surface area contributed by atoms with E-state index in [0.717, 1.165) is 0 Å². The average Bonchev–Trinajstić information content (AvgIpc) is 3.13. The normalized spacial score (nSPS) is 11.9. The molecule has 0 saturated heterocycles. The molecule has 0 spiro atoms. The van der Waals surface area contributed by atoms with Gasteiger partial charge in [-0.05, 0) is 43.3 Å². The van der Waals surface area contributed by atoms with Crippen molar-refractivity contribution in [3.63, 3.8) is 0 Å². The lowest BCUT2D eigenvalue weighted by Crippen LogP contribution is -2.22. The number of carboxylic acid groups (broad SMARTS) is 1. The van der Waals surface area contributed by atoms with Gasteiger partial charge in [0.25, 0.3) is 5.71 Å². The average molecular weight is 395 g/mol. The predicted molar refractivity (Wildman–Crippen MR) is 99.2 cm³/mol. The van der Waals surface area contributed by atoms with Gasteiger partial charge < -0.3 is 19.0 Å². The van der Waals surface area contributed by atoms with Crippen molar-refractivity contribution in [2.45, 2.75) is 13.0 Å². The molecule has 29 heavy (non-hydrogen) atoms. The van der Waals surface area contributed by atoms with Crippen molar-refractivity contribution in [2.24, 2.45) is 0 Å². The standard InChI is InChI=1S/C20H14FN3O5/c1-11(19(25)26)27-13-8-6-12(7-9-13)17-23-15-10-22-20(24-18(15)29-17)28-16-5-3-2-4-14(16)21/h2-11H,1H3,(H,25,26). The highest BCUT2D eigenvalue weighted by Gasteiger charge is 2.15. The van der Waals surface area contributed by atoms with Gasteiger partial charge in [0.2, 0.25) is 5.89 Å². The highest BCUT2D eigenvalue weighted by molar-refractivity contribution is 5.73. The van der Waals surface area contributed by atoms with E-state index in [0.29, 0.717) is 16.8 Å². The van der Waals surface area contributed by atoms with E-state index in [1.807, 2.05) is 0 Å². The quantitative estimate of drug-likeness (QED) is 0.521. The molecule has 0 radical (unpaired) electrons. The van der Waals surface area contributed by atoms with Crippen LogP contribution in [-0.2, 0) is 4.79 Å². The Bertz CT molecular complexity index is 1180. The van der Waals surface area contributed by atoms with Crippen LogP contribution in [0, 0.1) is 5.82 Å². The van der Waals surface area contributed by atoms with Crippen LogP contribution in [0.25, 0.3) is 22.7 Å². The number of hydrogen-bond acceptors (Lipinski definition) is 7. The lowest BCUT2D eigenvalue weighted by molar-refractivity contribution is -0.144. The van der Waals surface area contributed by atoms with Gasteiger partial charge in [-0.3, -0.25) is 0 Å². The molecule has 0 amide bonds. The van der Waals surface area contributed by atoms with E-state index in [1.165, 1.54) is 25.3 Å². The van der Waals surface area contributed by atoms with Crippen LogP contribution in [0.1, 0.15) is 6.92 Å². The topological polar surface area (TPSA) is 108 Å². The summed E-state index contributed by atoms with van der Waals surface area (Å²) in [6.45, 7) is 1.44. The molecule has 0 bridgehead atoms. The zero-order valence-electron chi connectivity index (χ0n) is 15.1.